The molecule has 0 radical (unpaired) electrons. The second-order valence-corrected chi connectivity index (χ2v) is 8.90. The van der Waals surface area contributed by atoms with Gasteiger partial charge in [-0.3, -0.25) is 4.79 Å². The van der Waals surface area contributed by atoms with Crippen LogP contribution in [0.25, 0.3) is 0 Å². The van der Waals surface area contributed by atoms with Crippen LogP contribution >= 0.6 is 7.60 Å². The predicted octanol–water partition coefficient (Wildman–Crippen LogP) is 4.30. The zero-order valence-corrected chi connectivity index (χ0v) is 18.2. The van der Waals surface area contributed by atoms with Crippen LogP contribution in [0.1, 0.15) is 20.8 Å². The molecule has 2 atom stereocenters. The zero-order valence-electron chi connectivity index (χ0n) is 17.3. The van der Waals surface area contributed by atoms with Gasteiger partial charge in [0, 0.05) is 6.04 Å². The minimum atomic E-state index is -4.15. The van der Waals surface area contributed by atoms with Crippen LogP contribution in [0, 0.1) is 5.92 Å². The van der Waals surface area contributed by atoms with E-state index in [2.05, 4.69) is 0 Å². The molecular formula is C21H28NO6P. The maximum atomic E-state index is 14.1. The van der Waals surface area contributed by atoms with E-state index in [4.69, 9.17) is 24.3 Å². The highest BCUT2D eigenvalue weighted by Crippen LogP contribution is 2.57. The Hall–Kier alpha value is -2.50. The first-order valence-corrected chi connectivity index (χ1v) is 10.9. The lowest BCUT2D eigenvalue weighted by Gasteiger charge is -2.31. The minimum Gasteiger partial charge on any atom is -0.493 e. The molecule has 0 aliphatic heterocycles. The quantitative estimate of drug-likeness (QED) is 0.572. The van der Waals surface area contributed by atoms with Gasteiger partial charge in [-0.25, -0.2) is 4.57 Å². The maximum Gasteiger partial charge on any atom is 0.443 e. The molecule has 0 bridgehead atoms. The number of carbonyl (C=O) groups is 1. The van der Waals surface area contributed by atoms with E-state index in [0.29, 0.717) is 11.5 Å². The van der Waals surface area contributed by atoms with Crippen LogP contribution in [0.4, 0.5) is 0 Å². The third-order valence-corrected chi connectivity index (χ3v) is 6.77. The monoisotopic (exact) mass is 421 g/mol. The van der Waals surface area contributed by atoms with Gasteiger partial charge in [0.15, 0.2) is 28.7 Å². The smallest absolute Gasteiger partial charge is 0.443 e. The molecule has 8 heteroatoms. The van der Waals surface area contributed by atoms with E-state index in [1.165, 1.54) is 21.1 Å². The molecule has 0 amide bonds. The molecule has 0 aromatic heterocycles. The molecule has 0 saturated heterocycles. The summed E-state index contributed by atoms with van der Waals surface area (Å²) < 4.78 is 36.5. The Bertz CT molecular complexity index is 831. The molecule has 0 saturated carbocycles. The number of para-hydroxylation sites is 4. The Morgan fingerprint density at radius 2 is 1.24 bits per heavy atom. The minimum absolute atomic E-state index is 0.139. The molecule has 2 rings (SSSR count). The molecule has 0 spiro atoms. The van der Waals surface area contributed by atoms with Crippen molar-refractivity contribution in [2.24, 2.45) is 11.7 Å². The molecular weight excluding hydrogens is 393 g/mol. The first-order valence-electron chi connectivity index (χ1n) is 9.24. The standard InChI is InChI=1S/C21H28NO6P/c1-14(2)20(22)21(15(3)23)29(24,27-18-12-8-6-10-16(18)25-4)28-19-13-9-7-11-17(19)26-5/h6-14,20-21H,22H2,1-5H3. The fourth-order valence-corrected chi connectivity index (χ4v) is 5.19. The maximum absolute atomic E-state index is 14.1. The molecule has 0 aliphatic rings. The van der Waals surface area contributed by atoms with E-state index in [1.807, 2.05) is 13.8 Å². The summed E-state index contributed by atoms with van der Waals surface area (Å²) in [5.41, 5.74) is 5.10. The van der Waals surface area contributed by atoms with Crippen molar-refractivity contribution in [1.29, 1.82) is 0 Å². The first-order chi connectivity index (χ1) is 13.7. The Kier molecular flexibility index (Phi) is 7.71. The summed E-state index contributed by atoms with van der Waals surface area (Å²) in [5.74, 6) is 0.568. The largest absolute Gasteiger partial charge is 0.493 e. The number of rotatable bonds is 10. The molecule has 2 N–H and O–H groups in total. The van der Waals surface area contributed by atoms with Crippen LogP contribution in [-0.4, -0.2) is 31.7 Å². The highest BCUT2D eigenvalue weighted by molar-refractivity contribution is 7.56. The number of ketones is 1. The van der Waals surface area contributed by atoms with Gasteiger partial charge < -0.3 is 24.3 Å². The van der Waals surface area contributed by atoms with Gasteiger partial charge in [0.25, 0.3) is 0 Å². The zero-order chi connectivity index (χ0) is 21.6. The van der Waals surface area contributed by atoms with Gasteiger partial charge in [-0.1, -0.05) is 38.1 Å². The lowest BCUT2D eigenvalue weighted by atomic mass is 10.00. The number of methoxy groups -OCH3 is 2. The Balaban J connectivity index is 2.59. The molecule has 2 aromatic rings. The highest BCUT2D eigenvalue weighted by atomic mass is 31.2. The van der Waals surface area contributed by atoms with Crippen molar-refractivity contribution in [2.75, 3.05) is 14.2 Å². The average molecular weight is 421 g/mol. The first kappa shape index (κ1) is 22.8. The number of nitrogens with two attached hydrogens (primary N) is 1. The summed E-state index contributed by atoms with van der Waals surface area (Å²) in [6.45, 7) is 5.02. The van der Waals surface area contributed by atoms with Gasteiger partial charge >= 0.3 is 7.60 Å². The molecule has 158 valence electrons. The lowest BCUT2D eigenvalue weighted by Crippen LogP contribution is -2.44. The summed E-state index contributed by atoms with van der Waals surface area (Å²) in [7, 11) is -1.22. The fraction of sp³-hybridized carbons (Fsp3) is 0.381. The number of Topliss-reactive ketones (excluding diaryl/α,β-unsaturated/α-hetero) is 1. The number of hydrogen-bond acceptors (Lipinski definition) is 7. The van der Waals surface area contributed by atoms with E-state index in [1.54, 1.807) is 48.5 Å². The molecule has 7 nitrogen and oxygen atoms in total. The van der Waals surface area contributed by atoms with Gasteiger partial charge in [-0.15, -0.1) is 0 Å². The van der Waals surface area contributed by atoms with Crippen molar-refractivity contribution in [2.45, 2.75) is 32.5 Å². The Morgan fingerprint density at radius 3 is 1.55 bits per heavy atom. The molecule has 2 unspecified atom stereocenters. The van der Waals surface area contributed by atoms with E-state index in [9.17, 15) is 9.36 Å². The summed E-state index contributed by atoms with van der Waals surface area (Å²) in [4.78, 5) is 12.6. The number of ether oxygens (including phenoxy) is 2. The Labute approximate surface area is 171 Å². The van der Waals surface area contributed by atoms with Crippen LogP contribution in [0.2, 0.25) is 0 Å². The number of carbonyl (C=O) groups excluding carboxylic acids is 1. The van der Waals surface area contributed by atoms with E-state index in [-0.39, 0.29) is 23.2 Å². The summed E-state index contributed by atoms with van der Waals surface area (Å²) in [5, 5.41) is 0. The predicted molar refractivity (Wildman–Crippen MR) is 112 cm³/mol. The van der Waals surface area contributed by atoms with Gasteiger partial charge in [0.1, 0.15) is 5.78 Å². The van der Waals surface area contributed by atoms with Crippen LogP contribution in [0.5, 0.6) is 23.0 Å². The van der Waals surface area contributed by atoms with Crippen molar-refractivity contribution in [3.63, 3.8) is 0 Å². The SMILES string of the molecule is COc1ccccc1OP(=O)(Oc1ccccc1OC)C(C(C)=O)C(N)C(C)C. The summed E-state index contributed by atoms with van der Waals surface area (Å²) in [6.07, 6.45) is 0. The van der Waals surface area contributed by atoms with E-state index >= 15 is 0 Å². The molecule has 0 aliphatic carbocycles. The van der Waals surface area contributed by atoms with E-state index in [0.717, 1.165) is 0 Å². The molecule has 0 heterocycles. The number of hydrogen-bond donors (Lipinski definition) is 1. The second-order valence-electron chi connectivity index (χ2n) is 6.90. The summed E-state index contributed by atoms with van der Waals surface area (Å²) in [6, 6.07) is 12.7. The molecule has 2 aromatic carbocycles. The number of benzene rings is 2. The summed E-state index contributed by atoms with van der Waals surface area (Å²) >= 11 is 0. The van der Waals surface area contributed by atoms with E-state index < -0.39 is 19.3 Å². The van der Waals surface area contributed by atoms with Crippen molar-refractivity contribution >= 4 is 13.4 Å². The fourth-order valence-electron chi connectivity index (χ4n) is 2.86. The van der Waals surface area contributed by atoms with Crippen molar-refractivity contribution in [3.05, 3.63) is 48.5 Å². The highest BCUT2D eigenvalue weighted by Gasteiger charge is 2.48. The van der Waals surface area contributed by atoms with Gasteiger partial charge in [-0.05, 0) is 37.1 Å². The van der Waals surface area contributed by atoms with Crippen LogP contribution in [-0.2, 0) is 9.36 Å². The molecule has 29 heavy (non-hydrogen) atoms. The molecule has 0 fully saturated rings. The van der Waals surface area contributed by atoms with Crippen molar-refractivity contribution in [3.8, 4) is 23.0 Å². The van der Waals surface area contributed by atoms with Gasteiger partial charge in [0.2, 0.25) is 0 Å². The van der Waals surface area contributed by atoms with Gasteiger partial charge in [0.05, 0.1) is 14.2 Å². The Morgan fingerprint density at radius 1 is 0.862 bits per heavy atom. The average Bonchev–Trinajstić information content (AvgIpc) is 2.68. The van der Waals surface area contributed by atoms with Crippen LogP contribution in [0.3, 0.4) is 0 Å². The van der Waals surface area contributed by atoms with Crippen molar-refractivity contribution < 1.29 is 27.9 Å². The third kappa shape index (κ3) is 5.31. The van der Waals surface area contributed by atoms with Gasteiger partial charge in [-0.2, -0.15) is 0 Å². The van der Waals surface area contributed by atoms with Crippen LogP contribution < -0.4 is 24.3 Å². The normalized spacial score (nSPS) is 13.5. The van der Waals surface area contributed by atoms with Crippen LogP contribution in [0.15, 0.2) is 48.5 Å². The lowest BCUT2D eigenvalue weighted by molar-refractivity contribution is -0.117. The third-order valence-electron chi connectivity index (χ3n) is 4.48. The second kappa shape index (κ2) is 9.81. The topological polar surface area (TPSA) is 97.1 Å². The van der Waals surface area contributed by atoms with Crippen molar-refractivity contribution in [1.82, 2.24) is 0 Å².